The van der Waals surface area contributed by atoms with Gasteiger partial charge in [0.15, 0.2) is 5.58 Å². The van der Waals surface area contributed by atoms with Crippen LogP contribution in [0.4, 0.5) is 17.1 Å². The lowest BCUT2D eigenvalue weighted by Crippen LogP contribution is -2.10. The minimum atomic E-state index is 0.611. The van der Waals surface area contributed by atoms with Crippen molar-refractivity contribution in [2.45, 2.75) is 0 Å². The van der Waals surface area contributed by atoms with E-state index in [1.807, 2.05) is 48.5 Å². The quantitative estimate of drug-likeness (QED) is 0.183. The maximum atomic E-state index is 6.44. The van der Waals surface area contributed by atoms with Crippen molar-refractivity contribution in [3.8, 4) is 17.1 Å². The van der Waals surface area contributed by atoms with Crippen molar-refractivity contribution >= 4 is 82.7 Å². The number of nitrogens with zero attached hydrogens (tertiary/aromatic N) is 3. The Hall–Kier alpha value is -7.11. The fourth-order valence-corrected chi connectivity index (χ4v) is 7.86. The van der Waals surface area contributed by atoms with Crippen LogP contribution in [0.25, 0.3) is 82.8 Å². The second kappa shape index (κ2) is 11.2. The highest BCUT2D eigenvalue weighted by molar-refractivity contribution is 6.13. The Balaban J connectivity index is 1.18. The summed E-state index contributed by atoms with van der Waals surface area (Å²) in [5, 5.41) is 6.71. The number of rotatable bonds is 5. The molecule has 0 aliphatic heterocycles. The third-order valence-electron chi connectivity index (χ3n) is 10.2. The molecular formula is C47H29N3O2. The summed E-state index contributed by atoms with van der Waals surface area (Å²) in [5.74, 6) is 0.611. The molecule has 8 aromatic carbocycles. The molecule has 0 radical (unpaired) electrons. The van der Waals surface area contributed by atoms with Crippen LogP contribution in [0.15, 0.2) is 185 Å². The van der Waals surface area contributed by atoms with Gasteiger partial charge in [-0.05, 0) is 78.9 Å². The summed E-state index contributed by atoms with van der Waals surface area (Å²) in [5.41, 5.74) is 10.7. The van der Waals surface area contributed by atoms with Gasteiger partial charge in [-0.25, -0.2) is 4.98 Å². The zero-order chi connectivity index (χ0) is 34.2. The smallest absolute Gasteiger partial charge is 0.227 e. The number of benzene rings is 8. The third kappa shape index (κ3) is 4.33. The van der Waals surface area contributed by atoms with Crippen LogP contribution >= 0.6 is 0 Å². The predicted molar refractivity (Wildman–Crippen MR) is 213 cm³/mol. The van der Waals surface area contributed by atoms with Crippen LogP contribution in [0.1, 0.15) is 0 Å². The van der Waals surface area contributed by atoms with Crippen LogP contribution in [0, 0.1) is 0 Å². The topological polar surface area (TPSA) is 47.3 Å². The first-order valence-electron chi connectivity index (χ1n) is 17.5. The molecule has 52 heavy (non-hydrogen) atoms. The second-order valence-corrected chi connectivity index (χ2v) is 13.2. The standard InChI is InChI=1S/C47H29N3O2/c1-3-12-30(13-4-1)47-48-46-39-18-11-20-40(36(39)26-27-44(46)52-47)49(33-23-25-38-37-17-8-10-21-43(37)51-45(38)29-33)32-22-24-35-34-16-7-9-19-41(34)50(42(35)28-32)31-14-5-2-6-15-31/h1-29H. The molecule has 11 aromatic rings. The molecule has 244 valence electrons. The molecule has 0 atom stereocenters. The van der Waals surface area contributed by atoms with E-state index in [2.05, 4.69) is 137 Å². The lowest BCUT2D eigenvalue weighted by Gasteiger charge is -2.27. The van der Waals surface area contributed by atoms with Crippen LogP contribution in [0.2, 0.25) is 0 Å². The Morgan fingerprint density at radius 3 is 1.94 bits per heavy atom. The highest BCUT2D eigenvalue weighted by Gasteiger charge is 2.21. The number of furan rings is 1. The molecule has 0 saturated carbocycles. The van der Waals surface area contributed by atoms with Gasteiger partial charge in [0.1, 0.15) is 16.7 Å². The summed E-state index contributed by atoms with van der Waals surface area (Å²) in [7, 11) is 0. The molecule has 0 N–H and O–H groups in total. The van der Waals surface area contributed by atoms with E-state index in [0.29, 0.717) is 5.89 Å². The molecule has 0 spiro atoms. The van der Waals surface area contributed by atoms with Crippen LogP contribution < -0.4 is 4.90 Å². The normalized spacial score (nSPS) is 11.8. The molecule has 0 unspecified atom stereocenters. The van der Waals surface area contributed by atoms with Crippen molar-refractivity contribution in [3.05, 3.63) is 176 Å². The third-order valence-corrected chi connectivity index (χ3v) is 10.2. The minimum absolute atomic E-state index is 0.611. The van der Waals surface area contributed by atoms with Crippen LogP contribution in [-0.2, 0) is 0 Å². The molecular weight excluding hydrogens is 639 g/mol. The predicted octanol–water partition coefficient (Wildman–Crippen LogP) is 13.1. The average Bonchev–Trinajstić information content (AvgIpc) is 3.91. The summed E-state index contributed by atoms with van der Waals surface area (Å²) in [6, 6.07) is 61.5. The Labute approximate surface area is 298 Å². The maximum absolute atomic E-state index is 6.44. The van der Waals surface area contributed by atoms with Crippen LogP contribution in [0.5, 0.6) is 0 Å². The molecule has 0 bridgehead atoms. The van der Waals surface area contributed by atoms with E-state index in [-0.39, 0.29) is 0 Å². The van der Waals surface area contributed by atoms with Crippen LogP contribution in [-0.4, -0.2) is 9.55 Å². The van der Waals surface area contributed by atoms with Gasteiger partial charge in [-0.15, -0.1) is 0 Å². The number of para-hydroxylation sites is 3. The number of aromatic nitrogens is 2. The van der Waals surface area contributed by atoms with Gasteiger partial charge < -0.3 is 18.3 Å². The molecule has 3 heterocycles. The summed E-state index contributed by atoms with van der Waals surface area (Å²) in [4.78, 5) is 7.37. The largest absolute Gasteiger partial charge is 0.456 e. The molecule has 11 rings (SSSR count). The van der Waals surface area contributed by atoms with E-state index in [4.69, 9.17) is 13.8 Å². The van der Waals surface area contributed by atoms with Crippen molar-refractivity contribution in [1.29, 1.82) is 0 Å². The number of anilines is 3. The molecule has 5 heteroatoms. The zero-order valence-corrected chi connectivity index (χ0v) is 27.9. The summed E-state index contributed by atoms with van der Waals surface area (Å²) in [6.07, 6.45) is 0. The highest BCUT2D eigenvalue weighted by Crippen LogP contribution is 2.44. The fourth-order valence-electron chi connectivity index (χ4n) is 7.86. The first-order chi connectivity index (χ1) is 25.8. The van der Waals surface area contributed by atoms with Gasteiger partial charge in [-0.2, -0.15) is 0 Å². The average molecular weight is 668 g/mol. The number of oxazole rings is 1. The Kier molecular flexibility index (Phi) is 6.18. The lowest BCUT2D eigenvalue weighted by atomic mass is 10.0. The molecule has 0 aliphatic carbocycles. The molecule has 0 fully saturated rings. The molecule has 0 amide bonds. The van der Waals surface area contributed by atoms with Crippen molar-refractivity contribution in [2.24, 2.45) is 0 Å². The Morgan fingerprint density at radius 2 is 1.08 bits per heavy atom. The first kappa shape index (κ1) is 28.7. The Morgan fingerprint density at radius 1 is 0.423 bits per heavy atom. The SMILES string of the molecule is c1ccc(-c2nc3c(ccc4c(N(c5ccc6c(c5)oc5ccccc56)c5ccc6c7ccccc7n(-c7ccccc7)c6c5)cccc43)o2)cc1. The number of hydrogen-bond acceptors (Lipinski definition) is 4. The van der Waals surface area contributed by atoms with Gasteiger partial charge in [0, 0.05) is 61.0 Å². The highest BCUT2D eigenvalue weighted by atomic mass is 16.3. The second-order valence-electron chi connectivity index (χ2n) is 13.2. The summed E-state index contributed by atoms with van der Waals surface area (Å²) >= 11 is 0. The van der Waals surface area contributed by atoms with E-state index in [9.17, 15) is 0 Å². The number of hydrogen-bond donors (Lipinski definition) is 0. The minimum Gasteiger partial charge on any atom is -0.456 e. The van der Waals surface area contributed by atoms with Crippen molar-refractivity contribution in [1.82, 2.24) is 9.55 Å². The number of fused-ring (bicyclic) bond motifs is 9. The van der Waals surface area contributed by atoms with Crippen LogP contribution in [0.3, 0.4) is 0 Å². The molecule has 0 aliphatic rings. The molecule has 5 nitrogen and oxygen atoms in total. The van der Waals surface area contributed by atoms with E-state index in [0.717, 1.165) is 77.6 Å². The molecule has 0 saturated heterocycles. The van der Waals surface area contributed by atoms with Crippen molar-refractivity contribution < 1.29 is 8.83 Å². The lowest BCUT2D eigenvalue weighted by molar-refractivity contribution is 0.620. The van der Waals surface area contributed by atoms with E-state index in [1.165, 1.54) is 16.3 Å². The van der Waals surface area contributed by atoms with E-state index >= 15 is 0 Å². The summed E-state index contributed by atoms with van der Waals surface area (Å²) < 4.78 is 15.1. The van der Waals surface area contributed by atoms with Crippen molar-refractivity contribution in [3.63, 3.8) is 0 Å². The molecule has 3 aromatic heterocycles. The van der Waals surface area contributed by atoms with Gasteiger partial charge in [0.05, 0.1) is 16.7 Å². The summed E-state index contributed by atoms with van der Waals surface area (Å²) in [6.45, 7) is 0. The van der Waals surface area contributed by atoms with Gasteiger partial charge in [-0.1, -0.05) is 91.0 Å². The van der Waals surface area contributed by atoms with Gasteiger partial charge >= 0.3 is 0 Å². The van der Waals surface area contributed by atoms with Gasteiger partial charge in [-0.3, -0.25) is 0 Å². The fraction of sp³-hybridized carbons (Fsp3) is 0. The van der Waals surface area contributed by atoms with E-state index < -0.39 is 0 Å². The first-order valence-corrected chi connectivity index (χ1v) is 17.5. The van der Waals surface area contributed by atoms with E-state index in [1.54, 1.807) is 0 Å². The van der Waals surface area contributed by atoms with Crippen molar-refractivity contribution in [2.75, 3.05) is 4.90 Å². The van der Waals surface area contributed by atoms with Gasteiger partial charge in [0.2, 0.25) is 5.89 Å². The monoisotopic (exact) mass is 667 g/mol. The zero-order valence-electron chi connectivity index (χ0n) is 27.9. The van der Waals surface area contributed by atoms with Gasteiger partial charge in [0.25, 0.3) is 0 Å². The maximum Gasteiger partial charge on any atom is 0.227 e. The Bertz CT molecular complexity index is 3140.